The lowest BCUT2D eigenvalue weighted by Crippen LogP contribution is -2.27. The number of rotatable bonds is 3. The summed E-state index contributed by atoms with van der Waals surface area (Å²) < 4.78 is 42.8. The molecule has 26 heavy (non-hydrogen) atoms. The van der Waals surface area contributed by atoms with Crippen molar-refractivity contribution in [2.45, 2.75) is 19.5 Å². The Hall–Kier alpha value is -2.89. The molecule has 0 unspecified atom stereocenters. The smallest absolute Gasteiger partial charge is 0.311 e. The van der Waals surface area contributed by atoms with Crippen LogP contribution in [0.25, 0.3) is 10.9 Å². The van der Waals surface area contributed by atoms with Crippen molar-refractivity contribution < 1.29 is 18.0 Å². The second kappa shape index (κ2) is 6.44. The van der Waals surface area contributed by atoms with E-state index in [1.54, 1.807) is 18.2 Å². The number of nitrogens with zero attached hydrogens (tertiary/aromatic N) is 1. The summed E-state index contributed by atoms with van der Waals surface area (Å²) in [6.45, 7) is 1.84. The first kappa shape index (κ1) is 17.9. The second-order valence-electron chi connectivity index (χ2n) is 6.28. The van der Waals surface area contributed by atoms with Gasteiger partial charge < -0.3 is 4.57 Å². The summed E-state index contributed by atoms with van der Waals surface area (Å²) in [5.41, 5.74) is -0.188. The molecule has 0 amide bonds. The van der Waals surface area contributed by atoms with Crippen LogP contribution in [0.2, 0.25) is 0 Å². The van der Waals surface area contributed by atoms with Gasteiger partial charge in [-0.05, 0) is 30.7 Å². The van der Waals surface area contributed by atoms with Gasteiger partial charge in [0.15, 0.2) is 0 Å². The molecule has 0 aliphatic heterocycles. The molecule has 3 nitrogen and oxygen atoms in total. The molecule has 134 valence electrons. The lowest BCUT2D eigenvalue weighted by atomic mass is 9.95. The lowest BCUT2D eigenvalue weighted by molar-refractivity contribution is -0.137. The molecule has 0 radical (unpaired) electrons. The van der Waals surface area contributed by atoms with Gasteiger partial charge in [-0.15, -0.1) is 0 Å². The quantitative estimate of drug-likeness (QED) is 0.655. The fraction of sp³-hybridized carbons (Fsp3) is 0.200. The molecule has 0 saturated carbocycles. The summed E-state index contributed by atoms with van der Waals surface area (Å²) in [6, 6.07) is 11.0. The Balaban J connectivity index is 2.38. The minimum Gasteiger partial charge on any atom is -0.311 e. The third-order valence-corrected chi connectivity index (χ3v) is 4.40. The van der Waals surface area contributed by atoms with Crippen LogP contribution in [-0.4, -0.2) is 10.9 Å². The maximum absolute atomic E-state index is 13.9. The summed E-state index contributed by atoms with van der Waals surface area (Å²) in [4.78, 5) is 23.7. The second-order valence-corrected chi connectivity index (χ2v) is 6.28. The van der Waals surface area contributed by atoms with Gasteiger partial charge in [0.1, 0.15) is 6.29 Å². The summed E-state index contributed by atoms with van der Waals surface area (Å²) in [7, 11) is 1.44. The van der Waals surface area contributed by atoms with Crippen molar-refractivity contribution in [1.29, 1.82) is 0 Å². The molecule has 6 heteroatoms. The summed E-state index contributed by atoms with van der Waals surface area (Å²) in [5, 5.41) is -0.146. The van der Waals surface area contributed by atoms with Crippen LogP contribution in [0.4, 0.5) is 13.2 Å². The van der Waals surface area contributed by atoms with Crippen molar-refractivity contribution in [3.63, 3.8) is 0 Å². The SMILES string of the molecule is Cc1cccc(Cc2c(C(F)(F)F)c3cc(C=O)ccc3n(C)c2=O)c1. The molecule has 1 aromatic heterocycles. The fourth-order valence-electron chi connectivity index (χ4n) is 3.22. The van der Waals surface area contributed by atoms with Crippen molar-refractivity contribution in [1.82, 2.24) is 4.57 Å². The predicted octanol–water partition coefficient (Wildman–Crippen LogP) is 4.27. The molecule has 2 aromatic carbocycles. The minimum absolute atomic E-state index is 0.128. The highest BCUT2D eigenvalue weighted by molar-refractivity contribution is 5.90. The normalized spacial score (nSPS) is 11.7. The Kier molecular flexibility index (Phi) is 4.44. The van der Waals surface area contributed by atoms with Gasteiger partial charge in [-0.1, -0.05) is 29.8 Å². The number of hydrogen-bond acceptors (Lipinski definition) is 2. The van der Waals surface area contributed by atoms with Crippen LogP contribution < -0.4 is 5.56 Å². The molecule has 0 atom stereocenters. The van der Waals surface area contributed by atoms with Crippen LogP contribution in [0.15, 0.2) is 47.3 Å². The standard InChI is InChI=1S/C20H16F3NO2/c1-12-4-3-5-13(8-12)9-16-18(20(21,22)23)15-10-14(11-25)6-7-17(15)24(2)19(16)26/h3-8,10-11H,9H2,1-2H3. The number of alkyl halides is 3. The molecule has 3 aromatic rings. The molecule has 0 bridgehead atoms. The zero-order valence-corrected chi connectivity index (χ0v) is 14.2. The monoisotopic (exact) mass is 359 g/mol. The van der Waals surface area contributed by atoms with Crippen molar-refractivity contribution in [3.8, 4) is 0 Å². The Bertz CT molecular complexity index is 1070. The van der Waals surface area contributed by atoms with Crippen molar-refractivity contribution in [2.75, 3.05) is 0 Å². The molecule has 0 aliphatic rings. The number of carbonyl (C=O) groups is 1. The van der Waals surface area contributed by atoms with Gasteiger partial charge in [0.25, 0.3) is 5.56 Å². The first-order chi connectivity index (χ1) is 12.2. The number of aldehydes is 1. The summed E-state index contributed by atoms with van der Waals surface area (Å²) in [6.07, 6.45) is -4.36. The zero-order valence-electron chi connectivity index (χ0n) is 14.2. The molecule has 0 spiro atoms. The number of benzene rings is 2. The average molecular weight is 359 g/mol. The maximum Gasteiger partial charge on any atom is 0.417 e. The average Bonchev–Trinajstić information content (AvgIpc) is 2.58. The number of fused-ring (bicyclic) bond motifs is 1. The van der Waals surface area contributed by atoms with E-state index in [9.17, 15) is 22.8 Å². The van der Waals surface area contributed by atoms with E-state index < -0.39 is 17.3 Å². The van der Waals surface area contributed by atoms with Crippen LogP contribution in [0, 0.1) is 6.92 Å². The number of halogens is 3. The minimum atomic E-state index is -4.72. The third kappa shape index (κ3) is 3.14. The summed E-state index contributed by atoms with van der Waals surface area (Å²) >= 11 is 0. The van der Waals surface area contributed by atoms with Crippen molar-refractivity contribution >= 4 is 17.2 Å². The maximum atomic E-state index is 13.9. The van der Waals surface area contributed by atoms with Crippen LogP contribution in [0.3, 0.4) is 0 Å². The Morgan fingerprint density at radius 1 is 1.12 bits per heavy atom. The Morgan fingerprint density at radius 3 is 2.46 bits per heavy atom. The number of carbonyl (C=O) groups excluding carboxylic acids is 1. The molecule has 0 fully saturated rings. The van der Waals surface area contributed by atoms with E-state index in [4.69, 9.17) is 0 Å². The van der Waals surface area contributed by atoms with E-state index in [0.717, 1.165) is 5.56 Å². The molecule has 3 rings (SSSR count). The topological polar surface area (TPSA) is 39.1 Å². The van der Waals surface area contributed by atoms with E-state index in [2.05, 4.69) is 0 Å². The zero-order chi connectivity index (χ0) is 19.1. The number of hydrogen-bond donors (Lipinski definition) is 0. The van der Waals surface area contributed by atoms with Crippen LogP contribution in [0.5, 0.6) is 0 Å². The summed E-state index contributed by atoms with van der Waals surface area (Å²) in [5.74, 6) is 0. The van der Waals surface area contributed by atoms with Crippen LogP contribution in [0.1, 0.15) is 32.6 Å². The largest absolute Gasteiger partial charge is 0.417 e. The highest BCUT2D eigenvalue weighted by Crippen LogP contribution is 2.37. The van der Waals surface area contributed by atoms with Gasteiger partial charge in [0.05, 0.1) is 11.1 Å². The third-order valence-electron chi connectivity index (χ3n) is 4.40. The molecule has 1 heterocycles. The number of pyridine rings is 1. The van der Waals surface area contributed by atoms with E-state index in [-0.39, 0.29) is 28.5 Å². The van der Waals surface area contributed by atoms with Gasteiger partial charge in [-0.2, -0.15) is 13.2 Å². The molecular formula is C20H16F3NO2. The first-order valence-electron chi connectivity index (χ1n) is 7.96. The lowest BCUT2D eigenvalue weighted by Gasteiger charge is -2.18. The molecule has 0 N–H and O–H groups in total. The number of aryl methyl sites for hydroxylation is 2. The van der Waals surface area contributed by atoms with Crippen LogP contribution >= 0.6 is 0 Å². The van der Waals surface area contributed by atoms with E-state index in [0.29, 0.717) is 11.8 Å². The van der Waals surface area contributed by atoms with E-state index >= 15 is 0 Å². The van der Waals surface area contributed by atoms with Gasteiger partial charge in [-0.3, -0.25) is 9.59 Å². The van der Waals surface area contributed by atoms with Gasteiger partial charge in [0, 0.05) is 30.0 Å². The van der Waals surface area contributed by atoms with E-state index in [1.165, 1.54) is 29.8 Å². The first-order valence-corrected chi connectivity index (χ1v) is 7.96. The predicted molar refractivity (Wildman–Crippen MR) is 93.6 cm³/mol. The van der Waals surface area contributed by atoms with E-state index in [1.807, 2.05) is 13.0 Å². The molecule has 0 aliphatic carbocycles. The van der Waals surface area contributed by atoms with Gasteiger partial charge in [-0.25, -0.2) is 0 Å². The van der Waals surface area contributed by atoms with Gasteiger partial charge >= 0.3 is 6.18 Å². The highest BCUT2D eigenvalue weighted by atomic mass is 19.4. The Labute approximate surface area is 147 Å². The van der Waals surface area contributed by atoms with Gasteiger partial charge in [0.2, 0.25) is 0 Å². The van der Waals surface area contributed by atoms with Crippen LogP contribution in [-0.2, 0) is 19.6 Å². The van der Waals surface area contributed by atoms with Crippen molar-refractivity contribution in [2.24, 2.45) is 7.05 Å². The molecular weight excluding hydrogens is 343 g/mol. The Morgan fingerprint density at radius 2 is 1.85 bits per heavy atom. The van der Waals surface area contributed by atoms with Crippen molar-refractivity contribution in [3.05, 3.63) is 80.6 Å². The number of aromatic nitrogens is 1. The molecule has 0 saturated heterocycles. The highest BCUT2D eigenvalue weighted by Gasteiger charge is 2.37. The fourth-order valence-corrected chi connectivity index (χ4v) is 3.22.